The van der Waals surface area contributed by atoms with Gasteiger partial charge in [-0.25, -0.2) is 0 Å². The van der Waals surface area contributed by atoms with Crippen LogP contribution in [0.15, 0.2) is 65.7 Å². The van der Waals surface area contributed by atoms with Gasteiger partial charge in [0, 0.05) is 42.7 Å². The molecule has 0 amide bonds. The van der Waals surface area contributed by atoms with Crippen LogP contribution in [0.1, 0.15) is 37.2 Å². The third-order valence-electron chi connectivity index (χ3n) is 5.96. The molecule has 2 heterocycles. The minimum Gasteiger partial charge on any atom is -0.481 e. The molecule has 2 aliphatic rings. The molecule has 0 radical (unpaired) electrons. The molecular formula is C24H26I2N2O2S. The zero-order chi connectivity index (χ0) is 22.0. The lowest BCUT2D eigenvalue weighted by Gasteiger charge is -2.41. The van der Waals surface area contributed by atoms with Crippen LogP contribution in [0.4, 0.5) is 11.4 Å². The van der Waals surface area contributed by atoms with Gasteiger partial charge in [-0.1, -0.05) is 77.2 Å². The van der Waals surface area contributed by atoms with Crippen LogP contribution in [0.5, 0.6) is 0 Å². The third-order valence-corrected chi connectivity index (χ3v) is 12.7. The first-order valence-electron chi connectivity index (χ1n) is 10.5. The van der Waals surface area contributed by atoms with Gasteiger partial charge in [-0.15, -0.1) is 0 Å². The first-order chi connectivity index (χ1) is 14.9. The highest BCUT2D eigenvalue weighted by Gasteiger charge is 2.49. The fourth-order valence-corrected chi connectivity index (χ4v) is 8.31. The fraction of sp³-hybridized carbons (Fsp3) is 0.375. The normalized spacial score (nSPS) is 22.9. The van der Waals surface area contributed by atoms with Gasteiger partial charge in [0.25, 0.3) is 0 Å². The number of para-hydroxylation sites is 2. The lowest BCUT2D eigenvalue weighted by atomic mass is 9.90. The number of thioether (sulfide) groups is 1. The summed E-state index contributed by atoms with van der Waals surface area (Å²) in [4.78, 5) is 16.8. The van der Waals surface area contributed by atoms with Crippen molar-refractivity contribution in [1.82, 2.24) is 0 Å². The number of hydrogen-bond acceptors (Lipinski definition) is 4. The number of fused-ring (bicyclic) bond motifs is 2. The Hall–Kier alpha value is -0.940. The second-order valence-corrected chi connectivity index (χ2v) is 12.9. The Morgan fingerprint density at radius 2 is 1.84 bits per heavy atom. The molecule has 2 aliphatic heterocycles. The zero-order valence-corrected chi connectivity index (χ0v) is 22.5. The number of rotatable bonds is 8. The van der Waals surface area contributed by atoms with Crippen LogP contribution >= 0.6 is 56.9 Å². The Labute approximate surface area is 215 Å². The second kappa shape index (κ2) is 9.91. The Kier molecular flexibility index (Phi) is 7.42. The lowest BCUT2D eigenvalue weighted by molar-refractivity contribution is -0.137. The first kappa shape index (κ1) is 23.2. The maximum atomic E-state index is 10.7. The van der Waals surface area contributed by atoms with E-state index >= 15 is 0 Å². The summed E-state index contributed by atoms with van der Waals surface area (Å²) in [6, 6.07) is 17.4. The molecule has 3 unspecified atom stereocenters. The molecule has 1 N–H and O–H groups in total. The van der Waals surface area contributed by atoms with E-state index in [0.29, 0.717) is 9.84 Å². The molecule has 0 bridgehead atoms. The van der Waals surface area contributed by atoms with Crippen molar-refractivity contribution in [2.75, 3.05) is 23.4 Å². The van der Waals surface area contributed by atoms with E-state index in [1.165, 1.54) is 21.8 Å². The van der Waals surface area contributed by atoms with Crippen molar-refractivity contribution in [3.8, 4) is 0 Å². The third kappa shape index (κ3) is 4.73. The standard InChI is InChI=1S/C24H26I2N2O2S/c1-27-20-11-6-7-12-21(20)31-24(27,26)23(25)18-14-16-28(15-8-2-3-13-22(29)30)19-10-5-4-9-17(18)19/h4-7,9-12,14,16,18,23H,2-3,8,13,15H2,1H3,(H,29,30). The van der Waals surface area contributed by atoms with Gasteiger partial charge in [0.05, 0.1) is 9.61 Å². The zero-order valence-electron chi connectivity index (χ0n) is 17.4. The summed E-state index contributed by atoms with van der Waals surface area (Å²) in [5.74, 6) is -0.384. The summed E-state index contributed by atoms with van der Waals surface area (Å²) in [5.41, 5.74) is 3.95. The number of alkyl halides is 2. The minimum atomic E-state index is -0.705. The lowest BCUT2D eigenvalue weighted by Crippen LogP contribution is -2.45. The number of allylic oxidation sites excluding steroid dienone is 1. The number of carboxylic acid groups (broad SMARTS) is 1. The van der Waals surface area contributed by atoms with Gasteiger partial charge < -0.3 is 14.9 Å². The number of hydrogen-bond donors (Lipinski definition) is 1. The highest BCUT2D eigenvalue weighted by Crippen LogP contribution is 2.59. The Balaban J connectivity index is 1.51. The molecule has 0 aliphatic carbocycles. The Bertz CT molecular complexity index is 986. The number of nitrogens with zero attached hydrogens (tertiary/aromatic N) is 2. The summed E-state index contributed by atoms with van der Waals surface area (Å²) >= 11 is 7.24. The number of anilines is 2. The fourth-order valence-electron chi connectivity index (χ4n) is 4.27. The van der Waals surface area contributed by atoms with Crippen molar-refractivity contribution in [3.05, 3.63) is 66.4 Å². The first-order valence-corrected chi connectivity index (χ1v) is 13.7. The Morgan fingerprint density at radius 3 is 2.58 bits per heavy atom. The highest BCUT2D eigenvalue weighted by atomic mass is 127. The molecule has 0 saturated heterocycles. The van der Waals surface area contributed by atoms with Gasteiger partial charge in [0.15, 0.2) is 2.88 Å². The molecule has 0 fully saturated rings. The summed E-state index contributed by atoms with van der Waals surface area (Å²) in [7, 11) is 2.21. The van der Waals surface area contributed by atoms with E-state index in [-0.39, 0.29) is 9.30 Å². The number of benzene rings is 2. The van der Waals surface area contributed by atoms with E-state index in [1.54, 1.807) is 0 Å². The average Bonchev–Trinajstić information content (AvgIpc) is 3.04. The van der Waals surface area contributed by atoms with E-state index in [0.717, 1.165) is 25.8 Å². The number of aliphatic carboxylic acids is 1. The highest BCUT2D eigenvalue weighted by molar-refractivity contribution is 14.1. The van der Waals surface area contributed by atoms with Crippen LogP contribution in [0.25, 0.3) is 0 Å². The second-order valence-electron chi connectivity index (χ2n) is 7.96. The summed E-state index contributed by atoms with van der Waals surface area (Å²) in [6.07, 6.45) is 7.53. The number of carbonyl (C=O) groups is 1. The van der Waals surface area contributed by atoms with Gasteiger partial charge in [-0.2, -0.15) is 0 Å². The van der Waals surface area contributed by atoms with Gasteiger partial charge in [0.2, 0.25) is 0 Å². The summed E-state index contributed by atoms with van der Waals surface area (Å²) < 4.78 is 0.298. The van der Waals surface area contributed by atoms with Gasteiger partial charge in [-0.3, -0.25) is 4.79 Å². The van der Waals surface area contributed by atoms with E-state index in [9.17, 15) is 4.79 Å². The molecule has 2 aromatic rings. The molecule has 4 nitrogen and oxygen atoms in total. The van der Waals surface area contributed by atoms with Gasteiger partial charge in [-0.05, 0) is 59.2 Å². The molecular weight excluding hydrogens is 634 g/mol. The predicted molar refractivity (Wildman–Crippen MR) is 147 cm³/mol. The quantitative estimate of drug-likeness (QED) is 0.145. The van der Waals surface area contributed by atoms with Crippen LogP contribution in [0.2, 0.25) is 0 Å². The van der Waals surface area contributed by atoms with Gasteiger partial charge in [0.1, 0.15) is 0 Å². The minimum absolute atomic E-state index is 0.0663. The van der Waals surface area contributed by atoms with Crippen LogP contribution in [-0.2, 0) is 4.79 Å². The van der Waals surface area contributed by atoms with Crippen molar-refractivity contribution in [1.29, 1.82) is 0 Å². The largest absolute Gasteiger partial charge is 0.481 e. The van der Waals surface area contributed by atoms with Crippen LogP contribution in [0, 0.1) is 0 Å². The number of halogens is 2. The monoisotopic (exact) mass is 660 g/mol. The van der Waals surface area contributed by atoms with E-state index in [4.69, 9.17) is 5.11 Å². The van der Waals surface area contributed by atoms with E-state index in [2.05, 4.69) is 123 Å². The maximum Gasteiger partial charge on any atom is 0.303 e. The summed E-state index contributed by atoms with van der Waals surface area (Å²) in [5, 5.41) is 8.83. The molecule has 31 heavy (non-hydrogen) atoms. The molecule has 2 aromatic carbocycles. The molecule has 0 spiro atoms. The van der Waals surface area contributed by atoms with Crippen molar-refractivity contribution in [3.63, 3.8) is 0 Å². The predicted octanol–water partition coefficient (Wildman–Crippen LogP) is 6.88. The van der Waals surface area contributed by atoms with Crippen molar-refractivity contribution in [2.24, 2.45) is 0 Å². The van der Waals surface area contributed by atoms with E-state index in [1.807, 2.05) is 11.8 Å². The van der Waals surface area contributed by atoms with Crippen molar-refractivity contribution in [2.45, 2.75) is 43.3 Å². The number of unbranched alkanes of at least 4 members (excludes halogenated alkanes) is 2. The smallest absolute Gasteiger partial charge is 0.303 e. The molecule has 7 heteroatoms. The molecule has 0 saturated carbocycles. The molecule has 164 valence electrons. The number of carboxylic acids is 1. The van der Waals surface area contributed by atoms with Crippen molar-refractivity contribution < 1.29 is 9.90 Å². The van der Waals surface area contributed by atoms with Crippen LogP contribution in [0.3, 0.4) is 0 Å². The molecule has 3 atom stereocenters. The van der Waals surface area contributed by atoms with E-state index < -0.39 is 5.97 Å². The maximum absolute atomic E-state index is 10.7. The SMILES string of the molecule is CN1c2ccccc2SC1(I)C(I)C1C=CN(CCCCCC(=O)O)c2ccccc21. The van der Waals surface area contributed by atoms with Gasteiger partial charge >= 0.3 is 5.97 Å². The van der Waals surface area contributed by atoms with Crippen LogP contribution < -0.4 is 9.80 Å². The molecule has 0 aromatic heterocycles. The van der Waals surface area contributed by atoms with Crippen molar-refractivity contribution >= 4 is 74.3 Å². The average molecular weight is 660 g/mol. The van der Waals surface area contributed by atoms with Crippen LogP contribution in [-0.4, -0.2) is 31.5 Å². The summed E-state index contributed by atoms with van der Waals surface area (Å²) in [6.45, 7) is 0.918. The molecule has 4 rings (SSSR count). The topological polar surface area (TPSA) is 43.8 Å². The Morgan fingerprint density at radius 1 is 1.13 bits per heavy atom.